The number of fused-ring (bicyclic) bond motifs is 1. The fraction of sp³-hybridized carbons (Fsp3) is 0.368. The van der Waals surface area contributed by atoms with E-state index in [0.717, 1.165) is 44.0 Å². The Kier molecular flexibility index (Phi) is 3.92. The van der Waals surface area contributed by atoms with Crippen LogP contribution in [0.3, 0.4) is 0 Å². The van der Waals surface area contributed by atoms with Crippen LogP contribution in [0.2, 0.25) is 5.02 Å². The molecule has 0 radical (unpaired) electrons. The summed E-state index contributed by atoms with van der Waals surface area (Å²) in [5.74, 6) is 0. The number of nitrogens with one attached hydrogen (secondary N) is 2. The number of benzene rings is 2. The third-order valence-electron chi connectivity index (χ3n) is 4.96. The summed E-state index contributed by atoms with van der Waals surface area (Å²) in [6, 6.07) is 16.8. The third-order valence-corrected chi connectivity index (χ3v) is 5.20. The molecule has 1 spiro atoms. The summed E-state index contributed by atoms with van der Waals surface area (Å²) in [7, 11) is 0. The highest BCUT2D eigenvalue weighted by Gasteiger charge is 2.38. The number of piperidine rings is 1. The number of halogens is 1. The first-order valence-corrected chi connectivity index (χ1v) is 8.69. The van der Waals surface area contributed by atoms with E-state index in [0.29, 0.717) is 0 Å². The van der Waals surface area contributed by atoms with Crippen LogP contribution in [-0.4, -0.2) is 25.2 Å². The average molecular weight is 328 g/mol. The maximum Gasteiger partial charge on any atom is 0.0606 e. The standard InChI is InChI=1S/C19H22ClN3/c20-16-5-3-4-15(12-16)13-23-14-19(8-10-21-11-9-19)22-17-6-1-2-7-18(17)23/h1-7,12,21-22H,8-11,13-14H2. The fourth-order valence-corrected chi connectivity index (χ4v) is 4.03. The van der Waals surface area contributed by atoms with Gasteiger partial charge < -0.3 is 15.5 Å². The van der Waals surface area contributed by atoms with E-state index >= 15 is 0 Å². The molecule has 4 rings (SSSR count). The largest absolute Gasteiger partial charge is 0.376 e. The van der Waals surface area contributed by atoms with E-state index in [1.807, 2.05) is 12.1 Å². The molecule has 0 aromatic heterocycles. The lowest BCUT2D eigenvalue weighted by Crippen LogP contribution is -2.57. The van der Waals surface area contributed by atoms with E-state index in [4.69, 9.17) is 11.6 Å². The van der Waals surface area contributed by atoms with Gasteiger partial charge in [0.25, 0.3) is 0 Å². The number of hydrogen-bond donors (Lipinski definition) is 2. The first-order valence-electron chi connectivity index (χ1n) is 8.32. The zero-order valence-electron chi connectivity index (χ0n) is 13.2. The Morgan fingerprint density at radius 1 is 1.04 bits per heavy atom. The van der Waals surface area contributed by atoms with E-state index in [9.17, 15) is 0 Å². The number of nitrogens with zero attached hydrogens (tertiary/aromatic N) is 1. The molecule has 2 N–H and O–H groups in total. The monoisotopic (exact) mass is 327 g/mol. The zero-order valence-corrected chi connectivity index (χ0v) is 13.9. The van der Waals surface area contributed by atoms with Crippen LogP contribution >= 0.6 is 11.6 Å². The highest BCUT2D eigenvalue weighted by Crippen LogP contribution is 2.38. The van der Waals surface area contributed by atoms with Gasteiger partial charge in [-0.1, -0.05) is 35.9 Å². The summed E-state index contributed by atoms with van der Waals surface area (Å²) >= 11 is 6.17. The van der Waals surface area contributed by atoms with Crippen LogP contribution < -0.4 is 15.5 Å². The molecule has 23 heavy (non-hydrogen) atoms. The molecule has 2 aliphatic rings. The third kappa shape index (κ3) is 3.04. The van der Waals surface area contributed by atoms with Gasteiger partial charge in [0, 0.05) is 18.1 Å². The van der Waals surface area contributed by atoms with Gasteiger partial charge in [-0.3, -0.25) is 0 Å². The Labute approximate surface area is 142 Å². The first-order chi connectivity index (χ1) is 11.2. The summed E-state index contributed by atoms with van der Waals surface area (Å²) in [5.41, 5.74) is 3.98. The Hall–Kier alpha value is -1.71. The number of anilines is 2. The van der Waals surface area contributed by atoms with Gasteiger partial charge in [-0.05, 0) is 55.8 Å². The molecule has 1 fully saturated rings. The molecular formula is C19H22ClN3. The number of hydrogen-bond acceptors (Lipinski definition) is 3. The van der Waals surface area contributed by atoms with Gasteiger partial charge in [0.05, 0.1) is 16.9 Å². The van der Waals surface area contributed by atoms with Crippen molar-refractivity contribution in [1.29, 1.82) is 0 Å². The van der Waals surface area contributed by atoms with Gasteiger partial charge in [0.15, 0.2) is 0 Å². The van der Waals surface area contributed by atoms with Crippen molar-refractivity contribution in [2.75, 3.05) is 29.9 Å². The van der Waals surface area contributed by atoms with Crippen molar-refractivity contribution in [1.82, 2.24) is 5.32 Å². The molecule has 4 heteroatoms. The summed E-state index contributed by atoms with van der Waals surface area (Å²) in [4.78, 5) is 2.50. The Balaban J connectivity index is 1.66. The van der Waals surface area contributed by atoms with Gasteiger partial charge in [-0.25, -0.2) is 0 Å². The van der Waals surface area contributed by atoms with Crippen molar-refractivity contribution in [2.45, 2.75) is 24.9 Å². The van der Waals surface area contributed by atoms with Crippen LogP contribution in [0.5, 0.6) is 0 Å². The van der Waals surface area contributed by atoms with E-state index in [2.05, 4.69) is 51.9 Å². The van der Waals surface area contributed by atoms with Crippen molar-refractivity contribution in [2.24, 2.45) is 0 Å². The van der Waals surface area contributed by atoms with Crippen molar-refractivity contribution >= 4 is 23.0 Å². The Bertz CT molecular complexity index is 695. The molecule has 1 saturated heterocycles. The lowest BCUT2D eigenvalue weighted by Gasteiger charge is -2.48. The molecule has 3 nitrogen and oxygen atoms in total. The molecule has 2 aliphatic heterocycles. The normalized spacial score (nSPS) is 19.3. The summed E-state index contributed by atoms with van der Waals surface area (Å²) in [5, 5.41) is 8.12. The molecule has 2 heterocycles. The lowest BCUT2D eigenvalue weighted by molar-refractivity contribution is 0.332. The van der Waals surface area contributed by atoms with Crippen LogP contribution in [0, 0.1) is 0 Å². The second kappa shape index (κ2) is 6.06. The molecule has 0 bridgehead atoms. The Morgan fingerprint density at radius 3 is 2.70 bits per heavy atom. The second-order valence-electron chi connectivity index (χ2n) is 6.66. The minimum atomic E-state index is 0.179. The van der Waals surface area contributed by atoms with Gasteiger partial charge in [0.2, 0.25) is 0 Å². The van der Waals surface area contributed by atoms with Crippen molar-refractivity contribution in [3.63, 3.8) is 0 Å². The second-order valence-corrected chi connectivity index (χ2v) is 7.09. The smallest absolute Gasteiger partial charge is 0.0606 e. The quantitative estimate of drug-likeness (QED) is 0.876. The van der Waals surface area contributed by atoms with E-state index < -0.39 is 0 Å². The van der Waals surface area contributed by atoms with Crippen LogP contribution in [0.1, 0.15) is 18.4 Å². The molecule has 2 aromatic rings. The molecule has 0 amide bonds. The van der Waals surface area contributed by atoms with Crippen molar-refractivity contribution < 1.29 is 0 Å². The average Bonchev–Trinajstić information content (AvgIpc) is 2.55. The molecule has 0 saturated carbocycles. The summed E-state index contributed by atoms with van der Waals surface area (Å²) < 4.78 is 0. The summed E-state index contributed by atoms with van der Waals surface area (Å²) in [6.45, 7) is 4.10. The highest BCUT2D eigenvalue weighted by atomic mass is 35.5. The number of rotatable bonds is 2. The van der Waals surface area contributed by atoms with Crippen molar-refractivity contribution in [3.8, 4) is 0 Å². The van der Waals surface area contributed by atoms with Crippen LogP contribution in [-0.2, 0) is 6.54 Å². The molecule has 0 aliphatic carbocycles. The maximum atomic E-state index is 6.17. The van der Waals surface area contributed by atoms with Crippen LogP contribution in [0.4, 0.5) is 11.4 Å². The molecule has 2 aromatic carbocycles. The summed E-state index contributed by atoms with van der Waals surface area (Å²) in [6.07, 6.45) is 2.32. The van der Waals surface area contributed by atoms with E-state index in [1.54, 1.807) is 0 Å². The highest BCUT2D eigenvalue weighted by molar-refractivity contribution is 6.30. The van der Waals surface area contributed by atoms with Crippen LogP contribution in [0.25, 0.3) is 0 Å². The minimum absolute atomic E-state index is 0.179. The van der Waals surface area contributed by atoms with Gasteiger partial charge in [0.1, 0.15) is 0 Å². The topological polar surface area (TPSA) is 27.3 Å². The van der Waals surface area contributed by atoms with Gasteiger partial charge >= 0.3 is 0 Å². The Morgan fingerprint density at radius 2 is 1.87 bits per heavy atom. The predicted molar refractivity (Wildman–Crippen MR) is 97.4 cm³/mol. The van der Waals surface area contributed by atoms with Crippen LogP contribution in [0.15, 0.2) is 48.5 Å². The maximum absolute atomic E-state index is 6.17. The number of para-hydroxylation sites is 2. The molecular weight excluding hydrogens is 306 g/mol. The van der Waals surface area contributed by atoms with E-state index in [1.165, 1.54) is 16.9 Å². The molecule has 0 unspecified atom stereocenters. The fourth-order valence-electron chi connectivity index (χ4n) is 3.82. The lowest BCUT2D eigenvalue weighted by atomic mass is 9.85. The first kappa shape index (κ1) is 14.9. The van der Waals surface area contributed by atoms with Gasteiger partial charge in [-0.2, -0.15) is 0 Å². The zero-order chi connectivity index (χ0) is 15.7. The predicted octanol–water partition coefficient (Wildman–Crippen LogP) is 3.89. The van der Waals surface area contributed by atoms with E-state index in [-0.39, 0.29) is 5.54 Å². The van der Waals surface area contributed by atoms with Gasteiger partial charge in [-0.15, -0.1) is 0 Å². The molecule has 120 valence electrons. The van der Waals surface area contributed by atoms with Crippen molar-refractivity contribution in [3.05, 3.63) is 59.1 Å². The minimum Gasteiger partial charge on any atom is -0.376 e. The molecule has 0 atom stereocenters. The SMILES string of the molecule is Clc1cccc(CN2CC3(CCNCC3)Nc3ccccc32)c1.